The lowest BCUT2D eigenvalue weighted by atomic mass is 10.1. The molecular weight excluding hydrogens is 292 g/mol. The highest BCUT2D eigenvalue weighted by Crippen LogP contribution is 2.41. The van der Waals surface area contributed by atoms with Crippen LogP contribution in [0.25, 0.3) is 10.8 Å². The number of benzene rings is 1. The van der Waals surface area contributed by atoms with Gasteiger partial charge in [0, 0.05) is 16.3 Å². The van der Waals surface area contributed by atoms with E-state index in [0.29, 0.717) is 16.3 Å². The van der Waals surface area contributed by atoms with Gasteiger partial charge in [-0.15, -0.1) is 0 Å². The number of hydrogen-bond donors (Lipinski definition) is 0. The molecule has 1 heterocycles. The average molecular weight is 307 g/mol. The molecule has 0 saturated heterocycles. The van der Waals surface area contributed by atoms with Gasteiger partial charge in [0.15, 0.2) is 0 Å². The largest absolute Gasteiger partial charge is 0.465 e. The molecule has 0 amide bonds. The molecule has 0 unspecified atom stereocenters. The van der Waals surface area contributed by atoms with Gasteiger partial charge in [-0.05, 0) is 38.0 Å². The van der Waals surface area contributed by atoms with Crippen molar-refractivity contribution in [3.05, 3.63) is 39.3 Å². The summed E-state index contributed by atoms with van der Waals surface area (Å²) in [5.74, 6) is -0.109. The molecule has 0 aliphatic heterocycles. The highest BCUT2D eigenvalue weighted by atomic mass is 35.5. The summed E-state index contributed by atoms with van der Waals surface area (Å²) in [5.41, 5.74) is 0.551. The first kappa shape index (κ1) is 14.1. The number of ether oxygens (including phenoxy) is 1. The fraction of sp³-hybridized carbons (Fsp3) is 0.400. The SMILES string of the molecule is CCOC(=O)Cn1nc(C2CC2)c2cc(Cl)ccc2c1=O. The minimum absolute atomic E-state index is 0.162. The maximum atomic E-state index is 12.4. The van der Waals surface area contributed by atoms with Gasteiger partial charge in [0.2, 0.25) is 0 Å². The van der Waals surface area contributed by atoms with Crippen LogP contribution in [0.1, 0.15) is 31.4 Å². The molecule has 0 radical (unpaired) electrons. The second kappa shape index (κ2) is 5.48. The minimum Gasteiger partial charge on any atom is -0.465 e. The van der Waals surface area contributed by atoms with E-state index in [0.717, 1.165) is 23.9 Å². The lowest BCUT2D eigenvalue weighted by Crippen LogP contribution is -2.29. The number of nitrogens with zero attached hydrogens (tertiary/aromatic N) is 2. The van der Waals surface area contributed by atoms with E-state index in [-0.39, 0.29) is 18.7 Å². The van der Waals surface area contributed by atoms with Gasteiger partial charge in [-0.25, -0.2) is 4.68 Å². The first-order chi connectivity index (χ1) is 10.1. The van der Waals surface area contributed by atoms with E-state index in [1.54, 1.807) is 25.1 Å². The van der Waals surface area contributed by atoms with Crippen molar-refractivity contribution in [2.45, 2.75) is 32.2 Å². The van der Waals surface area contributed by atoms with Crippen molar-refractivity contribution in [1.29, 1.82) is 0 Å². The van der Waals surface area contributed by atoms with Gasteiger partial charge in [-0.3, -0.25) is 9.59 Å². The summed E-state index contributed by atoms with van der Waals surface area (Å²) >= 11 is 6.02. The molecule has 1 aromatic heterocycles. The van der Waals surface area contributed by atoms with Crippen LogP contribution in [0, 0.1) is 0 Å². The third-order valence-corrected chi connectivity index (χ3v) is 3.73. The highest BCUT2D eigenvalue weighted by molar-refractivity contribution is 6.31. The molecule has 21 heavy (non-hydrogen) atoms. The van der Waals surface area contributed by atoms with Gasteiger partial charge >= 0.3 is 5.97 Å². The topological polar surface area (TPSA) is 61.2 Å². The molecule has 1 fully saturated rings. The van der Waals surface area contributed by atoms with Gasteiger partial charge in [-0.2, -0.15) is 5.10 Å². The van der Waals surface area contributed by atoms with Crippen molar-refractivity contribution in [2.75, 3.05) is 6.61 Å². The molecule has 0 bridgehead atoms. The molecule has 0 N–H and O–H groups in total. The Morgan fingerprint density at radius 1 is 1.43 bits per heavy atom. The summed E-state index contributed by atoms with van der Waals surface area (Å²) in [5, 5.41) is 6.28. The first-order valence-electron chi connectivity index (χ1n) is 6.96. The molecule has 6 heteroatoms. The van der Waals surface area contributed by atoms with Crippen LogP contribution in [0.4, 0.5) is 0 Å². The molecule has 1 aliphatic rings. The lowest BCUT2D eigenvalue weighted by Gasteiger charge is -2.10. The maximum Gasteiger partial charge on any atom is 0.327 e. The minimum atomic E-state index is -0.456. The van der Waals surface area contributed by atoms with Gasteiger partial charge < -0.3 is 4.74 Å². The Morgan fingerprint density at radius 3 is 2.86 bits per heavy atom. The summed E-state index contributed by atoms with van der Waals surface area (Å²) in [6.07, 6.45) is 2.10. The predicted molar refractivity (Wildman–Crippen MR) is 79.6 cm³/mol. The Kier molecular flexibility index (Phi) is 3.68. The van der Waals surface area contributed by atoms with Crippen molar-refractivity contribution in [1.82, 2.24) is 9.78 Å². The molecule has 3 rings (SSSR count). The van der Waals surface area contributed by atoms with E-state index in [9.17, 15) is 9.59 Å². The average Bonchev–Trinajstić information content (AvgIpc) is 3.26. The van der Waals surface area contributed by atoms with E-state index < -0.39 is 5.97 Å². The van der Waals surface area contributed by atoms with Crippen LogP contribution in [0.15, 0.2) is 23.0 Å². The van der Waals surface area contributed by atoms with Crippen LogP contribution in [-0.2, 0) is 16.1 Å². The van der Waals surface area contributed by atoms with E-state index in [2.05, 4.69) is 5.10 Å². The number of carbonyl (C=O) groups excluding carboxylic acids is 1. The van der Waals surface area contributed by atoms with Crippen molar-refractivity contribution in [3.8, 4) is 0 Å². The summed E-state index contributed by atoms with van der Waals surface area (Å²) in [6.45, 7) is 1.85. The second-order valence-corrected chi connectivity index (χ2v) is 5.55. The van der Waals surface area contributed by atoms with Crippen LogP contribution < -0.4 is 5.56 Å². The van der Waals surface area contributed by atoms with E-state index in [4.69, 9.17) is 16.3 Å². The molecule has 1 saturated carbocycles. The number of aromatic nitrogens is 2. The van der Waals surface area contributed by atoms with Gasteiger partial charge in [0.05, 0.1) is 17.7 Å². The van der Waals surface area contributed by atoms with Crippen molar-refractivity contribution in [2.24, 2.45) is 0 Å². The number of esters is 1. The summed E-state index contributed by atoms with van der Waals surface area (Å²) in [6, 6.07) is 5.14. The molecule has 0 spiro atoms. The Hall–Kier alpha value is -1.88. The summed E-state index contributed by atoms with van der Waals surface area (Å²) < 4.78 is 6.08. The Bertz CT molecular complexity index is 765. The number of fused-ring (bicyclic) bond motifs is 1. The highest BCUT2D eigenvalue weighted by Gasteiger charge is 2.29. The Balaban J connectivity index is 2.13. The Labute approximate surface area is 126 Å². The number of hydrogen-bond acceptors (Lipinski definition) is 4. The van der Waals surface area contributed by atoms with Crippen LogP contribution in [0.2, 0.25) is 5.02 Å². The second-order valence-electron chi connectivity index (χ2n) is 5.12. The van der Waals surface area contributed by atoms with Crippen molar-refractivity contribution < 1.29 is 9.53 Å². The number of carbonyl (C=O) groups is 1. The smallest absolute Gasteiger partial charge is 0.327 e. The van der Waals surface area contributed by atoms with Crippen LogP contribution in [0.5, 0.6) is 0 Å². The summed E-state index contributed by atoms with van der Waals surface area (Å²) in [7, 11) is 0. The zero-order valence-electron chi connectivity index (χ0n) is 11.6. The van der Waals surface area contributed by atoms with Crippen molar-refractivity contribution in [3.63, 3.8) is 0 Å². The molecule has 5 nitrogen and oxygen atoms in total. The maximum absolute atomic E-state index is 12.4. The first-order valence-corrected chi connectivity index (χ1v) is 7.34. The van der Waals surface area contributed by atoms with Crippen LogP contribution in [0.3, 0.4) is 0 Å². The molecule has 1 aromatic carbocycles. The van der Waals surface area contributed by atoms with Crippen LogP contribution in [-0.4, -0.2) is 22.4 Å². The normalized spacial score (nSPS) is 14.4. The molecule has 0 atom stereocenters. The quantitative estimate of drug-likeness (QED) is 0.814. The third kappa shape index (κ3) is 2.78. The standard InChI is InChI=1S/C15H15ClN2O3/c1-2-21-13(19)8-18-15(20)11-6-5-10(16)7-12(11)14(17-18)9-3-4-9/h5-7,9H,2-4,8H2,1H3. The van der Waals surface area contributed by atoms with Gasteiger partial charge in [0.1, 0.15) is 6.54 Å². The lowest BCUT2D eigenvalue weighted by molar-refractivity contribution is -0.144. The monoisotopic (exact) mass is 306 g/mol. The molecular formula is C15H15ClN2O3. The van der Waals surface area contributed by atoms with Gasteiger partial charge in [-0.1, -0.05) is 11.6 Å². The fourth-order valence-corrected chi connectivity index (χ4v) is 2.55. The van der Waals surface area contributed by atoms with Gasteiger partial charge in [0.25, 0.3) is 5.56 Å². The Morgan fingerprint density at radius 2 is 2.19 bits per heavy atom. The zero-order valence-corrected chi connectivity index (χ0v) is 12.4. The molecule has 110 valence electrons. The summed E-state index contributed by atoms with van der Waals surface area (Å²) in [4.78, 5) is 24.0. The predicted octanol–water partition coefficient (Wildman–Crippen LogP) is 2.49. The van der Waals surface area contributed by atoms with Crippen LogP contribution >= 0.6 is 11.6 Å². The third-order valence-electron chi connectivity index (χ3n) is 3.50. The zero-order chi connectivity index (χ0) is 15.0. The number of rotatable bonds is 4. The van der Waals surface area contributed by atoms with Crippen molar-refractivity contribution >= 4 is 28.3 Å². The van der Waals surface area contributed by atoms with E-state index >= 15 is 0 Å². The molecule has 1 aliphatic carbocycles. The number of halogens is 1. The molecule has 2 aromatic rings. The van der Waals surface area contributed by atoms with E-state index in [1.165, 1.54) is 4.68 Å². The van der Waals surface area contributed by atoms with E-state index in [1.807, 2.05) is 0 Å². The fourth-order valence-electron chi connectivity index (χ4n) is 2.38.